The minimum Gasteiger partial charge on any atom is -0.280 e. The fourth-order valence-electron chi connectivity index (χ4n) is 1.88. The zero-order valence-electron chi connectivity index (χ0n) is 11.5. The number of nitrogens with zero attached hydrogens (tertiary/aromatic N) is 1. The van der Waals surface area contributed by atoms with Gasteiger partial charge in [-0.2, -0.15) is 5.26 Å². The molecule has 1 N–H and O–H groups in total. The molecule has 0 atom stereocenters. The number of hydrogen-bond donors (Lipinski definition) is 1. The lowest BCUT2D eigenvalue weighted by atomic mass is 10.2. The van der Waals surface area contributed by atoms with Crippen LogP contribution in [-0.2, 0) is 10.0 Å². The second-order valence-corrected chi connectivity index (χ2v) is 6.33. The standard InChI is InChI=1S/C15H13FN2O2S/c1-10-3-4-11(2)15(7-10)21(19,20)18-13-5-6-14(16)12(8-13)9-17/h3-8,18H,1-2H3. The maximum atomic E-state index is 13.2. The summed E-state index contributed by atoms with van der Waals surface area (Å²) in [6, 6.07) is 10.3. The van der Waals surface area contributed by atoms with Gasteiger partial charge in [-0.1, -0.05) is 12.1 Å². The topological polar surface area (TPSA) is 70.0 Å². The average Bonchev–Trinajstić information content (AvgIpc) is 2.43. The Morgan fingerprint density at radius 2 is 1.86 bits per heavy atom. The van der Waals surface area contributed by atoms with Gasteiger partial charge in [-0.05, 0) is 49.2 Å². The maximum absolute atomic E-state index is 13.2. The van der Waals surface area contributed by atoms with Crippen molar-refractivity contribution in [1.82, 2.24) is 0 Å². The number of benzene rings is 2. The Kier molecular flexibility index (Phi) is 3.96. The summed E-state index contributed by atoms with van der Waals surface area (Å²) in [7, 11) is -3.79. The molecule has 6 heteroatoms. The van der Waals surface area contributed by atoms with E-state index < -0.39 is 15.8 Å². The van der Waals surface area contributed by atoms with E-state index in [0.717, 1.165) is 17.7 Å². The van der Waals surface area contributed by atoms with Crippen LogP contribution < -0.4 is 4.72 Å². The molecule has 0 aliphatic rings. The Morgan fingerprint density at radius 1 is 1.14 bits per heavy atom. The SMILES string of the molecule is Cc1ccc(C)c(S(=O)(=O)Nc2ccc(F)c(C#N)c2)c1. The van der Waals surface area contributed by atoms with E-state index in [-0.39, 0.29) is 16.1 Å². The van der Waals surface area contributed by atoms with E-state index >= 15 is 0 Å². The fourth-order valence-corrected chi connectivity index (χ4v) is 3.26. The maximum Gasteiger partial charge on any atom is 0.262 e. The Balaban J connectivity index is 2.43. The first-order chi connectivity index (χ1) is 9.83. The van der Waals surface area contributed by atoms with E-state index in [4.69, 9.17) is 5.26 Å². The summed E-state index contributed by atoms with van der Waals surface area (Å²) in [4.78, 5) is 0.158. The Labute approximate surface area is 122 Å². The van der Waals surface area contributed by atoms with Gasteiger partial charge in [0.15, 0.2) is 0 Å². The molecule has 21 heavy (non-hydrogen) atoms. The molecule has 2 aromatic carbocycles. The molecule has 4 nitrogen and oxygen atoms in total. The van der Waals surface area contributed by atoms with Crippen LogP contribution in [0.1, 0.15) is 16.7 Å². The molecule has 0 fully saturated rings. The lowest BCUT2D eigenvalue weighted by molar-refractivity contribution is 0.600. The van der Waals surface area contributed by atoms with Crippen molar-refractivity contribution in [3.8, 4) is 6.07 Å². The lowest BCUT2D eigenvalue weighted by Crippen LogP contribution is -2.14. The van der Waals surface area contributed by atoms with Crippen LogP contribution >= 0.6 is 0 Å². The molecule has 0 bridgehead atoms. The van der Waals surface area contributed by atoms with Gasteiger partial charge in [0.1, 0.15) is 11.9 Å². The van der Waals surface area contributed by atoms with Gasteiger partial charge in [-0.3, -0.25) is 4.72 Å². The number of nitriles is 1. The quantitative estimate of drug-likeness (QED) is 0.947. The van der Waals surface area contributed by atoms with Gasteiger partial charge >= 0.3 is 0 Å². The van der Waals surface area contributed by atoms with Gasteiger partial charge in [-0.15, -0.1) is 0 Å². The van der Waals surface area contributed by atoms with Crippen molar-refractivity contribution in [2.24, 2.45) is 0 Å². The molecular weight excluding hydrogens is 291 g/mol. The third-order valence-electron chi connectivity index (χ3n) is 2.97. The van der Waals surface area contributed by atoms with E-state index in [2.05, 4.69) is 4.72 Å². The first kappa shape index (κ1) is 15.0. The first-order valence-corrected chi connectivity index (χ1v) is 7.61. The summed E-state index contributed by atoms with van der Waals surface area (Å²) >= 11 is 0. The number of sulfonamides is 1. The van der Waals surface area contributed by atoms with Crippen molar-refractivity contribution < 1.29 is 12.8 Å². The predicted molar refractivity (Wildman–Crippen MR) is 77.8 cm³/mol. The number of hydrogen-bond acceptors (Lipinski definition) is 3. The summed E-state index contributed by atoms with van der Waals surface area (Å²) in [6.07, 6.45) is 0. The molecule has 0 saturated heterocycles. The second-order valence-electron chi connectivity index (χ2n) is 4.68. The molecule has 0 amide bonds. The van der Waals surface area contributed by atoms with Gasteiger partial charge < -0.3 is 0 Å². The minimum atomic E-state index is -3.79. The van der Waals surface area contributed by atoms with E-state index in [1.807, 2.05) is 6.07 Å². The Hall–Kier alpha value is -2.39. The minimum absolute atomic E-state index is 0.147. The molecule has 0 radical (unpaired) electrons. The van der Waals surface area contributed by atoms with Crippen LogP contribution in [0.4, 0.5) is 10.1 Å². The zero-order valence-corrected chi connectivity index (χ0v) is 12.3. The molecular formula is C15H13FN2O2S. The molecule has 0 aromatic heterocycles. The largest absolute Gasteiger partial charge is 0.280 e. The van der Waals surface area contributed by atoms with Crippen molar-refractivity contribution in [2.75, 3.05) is 4.72 Å². The molecule has 0 aliphatic carbocycles. The van der Waals surface area contributed by atoms with Crippen molar-refractivity contribution in [3.05, 3.63) is 58.9 Å². The van der Waals surface area contributed by atoms with Crippen LogP contribution in [-0.4, -0.2) is 8.42 Å². The molecule has 0 aliphatic heterocycles. The smallest absolute Gasteiger partial charge is 0.262 e. The highest BCUT2D eigenvalue weighted by molar-refractivity contribution is 7.92. The third-order valence-corrected chi connectivity index (χ3v) is 4.50. The van der Waals surface area contributed by atoms with Crippen LogP contribution in [0.25, 0.3) is 0 Å². The number of aryl methyl sites for hydroxylation is 2. The van der Waals surface area contributed by atoms with Crippen LogP contribution in [0.15, 0.2) is 41.3 Å². The molecule has 0 saturated carbocycles. The van der Waals surface area contributed by atoms with Crippen molar-refractivity contribution >= 4 is 15.7 Å². The third kappa shape index (κ3) is 3.20. The van der Waals surface area contributed by atoms with Crippen LogP contribution in [0, 0.1) is 31.0 Å². The highest BCUT2D eigenvalue weighted by Crippen LogP contribution is 2.22. The molecule has 0 heterocycles. The highest BCUT2D eigenvalue weighted by Gasteiger charge is 2.17. The van der Waals surface area contributed by atoms with E-state index in [9.17, 15) is 12.8 Å². The summed E-state index contributed by atoms with van der Waals surface area (Å²) in [5, 5.41) is 8.77. The monoisotopic (exact) mass is 304 g/mol. The van der Waals surface area contributed by atoms with Gasteiger partial charge in [0.25, 0.3) is 10.0 Å². The summed E-state index contributed by atoms with van der Waals surface area (Å²) < 4.78 is 40.3. The van der Waals surface area contributed by atoms with Gasteiger partial charge in [-0.25, -0.2) is 12.8 Å². The average molecular weight is 304 g/mol. The van der Waals surface area contributed by atoms with Crippen molar-refractivity contribution in [1.29, 1.82) is 5.26 Å². The summed E-state index contributed by atoms with van der Waals surface area (Å²) in [5.41, 5.74) is 1.36. The van der Waals surface area contributed by atoms with Gasteiger partial charge in [0.05, 0.1) is 16.1 Å². The van der Waals surface area contributed by atoms with Crippen molar-refractivity contribution in [2.45, 2.75) is 18.7 Å². The van der Waals surface area contributed by atoms with E-state index in [1.54, 1.807) is 32.0 Å². The number of rotatable bonds is 3. The molecule has 2 rings (SSSR count). The molecule has 0 spiro atoms. The normalized spacial score (nSPS) is 11.0. The zero-order chi connectivity index (χ0) is 15.6. The van der Waals surface area contributed by atoms with Crippen LogP contribution in [0.3, 0.4) is 0 Å². The lowest BCUT2D eigenvalue weighted by Gasteiger charge is -2.11. The Bertz CT molecular complexity index is 839. The molecule has 108 valence electrons. The number of halogens is 1. The summed E-state index contributed by atoms with van der Waals surface area (Å²) in [6.45, 7) is 3.49. The number of nitrogens with one attached hydrogen (secondary N) is 1. The first-order valence-electron chi connectivity index (χ1n) is 6.13. The number of anilines is 1. The van der Waals surface area contributed by atoms with E-state index in [0.29, 0.717) is 5.56 Å². The molecule has 0 unspecified atom stereocenters. The van der Waals surface area contributed by atoms with Gasteiger partial charge in [0.2, 0.25) is 0 Å². The van der Waals surface area contributed by atoms with Gasteiger partial charge in [0, 0.05) is 0 Å². The molecule has 2 aromatic rings. The van der Waals surface area contributed by atoms with Crippen LogP contribution in [0.2, 0.25) is 0 Å². The highest BCUT2D eigenvalue weighted by atomic mass is 32.2. The summed E-state index contributed by atoms with van der Waals surface area (Å²) in [5.74, 6) is -0.688. The predicted octanol–water partition coefficient (Wildman–Crippen LogP) is 3.12. The van der Waals surface area contributed by atoms with E-state index in [1.165, 1.54) is 6.07 Å². The fraction of sp³-hybridized carbons (Fsp3) is 0.133. The second kappa shape index (κ2) is 5.54. The van der Waals surface area contributed by atoms with Crippen LogP contribution in [0.5, 0.6) is 0 Å². The Morgan fingerprint density at radius 3 is 2.52 bits per heavy atom. The van der Waals surface area contributed by atoms with Crippen molar-refractivity contribution in [3.63, 3.8) is 0 Å².